The molecule has 0 bridgehead atoms. The van der Waals surface area contributed by atoms with E-state index < -0.39 is 0 Å². The normalized spacial score (nSPS) is 23.8. The van der Waals surface area contributed by atoms with Crippen molar-refractivity contribution in [2.45, 2.75) is 44.8 Å². The minimum atomic E-state index is 0.0302. The maximum absolute atomic E-state index is 5.71. The average Bonchev–Trinajstić information content (AvgIpc) is 2.63. The zero-order valence-corrected chi connectivity index (χ0v) is 11.1. The van der Waals surface area contributed by atoms with Crippen molar-refractivity contribution in [1.29, 1.82) is 0 Å². The molecule has 1 aliphatic heterocycles. The van der Waals surface area contributed by atoms with Gasteiger partial charge in [0.05, 0.1) is 5.60 Å². The van der Waals surface area contributed by atoms with Crippen molar-refractivity contribution in [2.24, 2.45) is 7.05 Å². The number of nitrogens with zero attached hydrogens (tertiary/aromatic N) is 2. The van der Waals surface area contributed by atoms with Gasteiger partial charge < -0.3 is 10.1 Å². The third-order valence-corrected chi connectivity index (χ3v) is 3.43. The summed E-state index contributed by atoms with van der Waals surface area (Å²) in [5.74, 6) is 0. The van der Waals surface area contributed by atoms with Crippen LogP contribution in [0.25, 0.3) is 0 Å². The van der Waals surface area contributed by atoms with E-state index in [2.05, 4.69) is 30.3 Å². The monoisotopic (exact) mass is 237 g/mol. The molecule has 1 N–H and O–H groups in total. The summed E-state index contributed by atoms with van der Waals surface area (Å²) >= 11 is 0. The minimum absolute atomic E-state index is 0.0302. The van der Waals surface area contributed by atoms with Crippen LogP contribution in [0, 0.1) is 0 Å². The SMILES string of the molecule is Cn1nccc1CCNC1CCOC(C)(C)C1. The summed E-state index contributed by atoms with van der Waals surface area (Å²) in [6, 6.07) is 2.67. The van der Waals surface area contributed by atoms with Crippen LogP contribution in [0.3, 0.4) is 0 Å². The lowest BCUT2D eigenvalue weighted by molar-refractivity contribution is -0.0627. The Labute approximate surface area is 103 Å². The molecular formula is C13H23N3O. The van der Waals surface area contributed by atoms with Crippen LogP contribution in [-0.2, 0) is 18.2 Å². The number of nitrogens with one attached hydrogen (secondary N) is 1. The molecule has 0 radical (unpaired) electrons. The van der Waals surface area contributed by atoms with Crippen LogP contribution in [-0.4, -0.2) is 34.6 Å². The molecule has 1 aliphatic rings. The first kappa shape index (κ1) is 12.6. The van der Waals surface area contributed by atoms with E-state index in [0.717, 1.165) is 32.4 Å². The van der Waals surface area contributed by atoms with E-state index in [1.807, 2.05) is 17.9 Å². The second-order valence-corrected chi connectivity index (χ2v) is 5.45. The molecule has 96 valence electrons. The Bertz CT molecular complexity index is 359. The highest BCUT2D eigenvalue weighted by molar-refractivity contribution is 5.00. The fraction of sp³-hybridized carbons (Fsp3) is 0.769. The molecule has 0 spiro atoms. The molecular weight excluding hydrogens is 214 g/mol. The standard InChI is InChI=1S/C13H23N3O/c1-13(2)10-11(6-9-17-13)14-7-4-12-5-8-15-16(12)3/h5,8,11,14H,4,6-7,9-10H2,1-3H3. The molecule has 1 fully saturated rings. The molecule has 2 rings (SSSR count). The second-order valence-electron chi connectivity index (χ2n) is 5.45. The van der Waals surface area contributed by atoms with Gasteiger partial charge in [0.15, 0.2) is 0 Å². The third-order valence-electron chi connectivity index (χ3n) is 3.43. The van der Waals surface area contributed by atoms with Gasteiger partial charge in [-0.25, -0.2) is 0 Å². The van der Waals surface area contributed by atoms with Crippen LogP contribution < -0.4 is 5.32 Å². The summed E-state index contributed by atoms with van der Waals surface area (Å²) in [5, 5.41) is 7.80. The van der Waals surface area contributed by atoms with Crippen molar-refractivity contribution in [2.75, 3.05) is 13.2 Å². The topological polar surface area (TPSA) is 39.1 Å². The van der Waals surface area contributed by atoms with Gasteiger partial charge in [-0.15, -0.1) is 0 Å². The van der Waals surface area contributed by atoms with Crippen LogP contribution >= 0.6 is 0 Å². The molecule has 2 heterocycles. The molecule has 4 heteroatoms. The van der Waals surface area contributed by atoms with E-state index in [-0.39, 0.29) is 5.60 Å². The molecule has 0 aromatic carbocycles. The summed E-state index contributed by atoms with van der Waals surface area (Å²) in [7, 11) is 1.99. The molecule has 4 nitrogen and oxygen atoms in total. The van der Waals surface area contributed by atoms with Crippen LogP contribution in [0.5, 0.6) is 0 Å². The van der Waals surface area contributed by atoms with Crippen LogP contribution in [0.15, 0.2) is 12.3 Å². The number of rotatable bonds is 4. The summed E-state index contributed by atoms with van der Waals surface area (Å²) < 4.78 is 7.65. The van der Waals surface area contributed by atoms with E-state index in [0.29, 0.717) is 6.04 Å². The van der Waals surface area contributed by atoms with Crippen LogP contribution in [0.4, 0.5) is 0 Å². The minimum Gasteiger partial charge on any atom is -0.375 e. The lowest BCUT2D eigenvalue weighted by atomic mass is 9.94. The van der Waals surface area contributed by atoms with E-state index >= 15 is 0 Å². The van der Waals surface area contributed by atoms with Crippen LogP contribution in [0.1, 0.15) is 32.4 Å². The molecule has 0 amide bonds. The predicted octanol–water partition coefficient (Wildman–Crippen LogP) is 1.51. The van der Waals surface area contributed by atoms with Gasteiger partial charge >= 0.3 is 0 Å². The number of aryl methyl sites for hydroxylation is 1. The summed E-state index contributed by atoms with van der Waals surface area (Å²) in [4.78, 5) is 0. The van der Waals surface area contributed by atoms with Crippen molar-refractivity contribution >= 4 is 0 Å². The van der Waals surface area contributed by atoms with Crippen molar-refractivity contribution in [1.82, 2.24) is 15.1 Å². The molecule has 1 unspecified atom stereocenters. The molecule has 1 aromatic heterocycles. The summed E-state index contributed by atoms with van der Waals surface area (Å²) in [5.41, 5.74) is 1.31. The predicted molar refractivity (Wildman–Crippen MR) is 68.0 cm³/mol. The zero-order valence-electron chi connectivity index (χ0n) is 11.1. The van der Waals surface area contributed by atoms with E-state index in [9.17, 15) is 0 Å². The first-order valence-corrected chi connectivity index (χ1v) is 6.41. The number of aromatic nitrogens is 2. The first-order chi connectivity index (χ1) is 8.07. The second kappa shape index (κ2) is 5.19. The average molecular weight is 237 g/mol. The maximum atomic E-state index is 5.71. The van der Waals surface area contributed by atoms with Crippen molar-refractivity contribution in [3.05, 3.63) is 18.0 Å². The van der Waals surface area contributed by atoms with Gasteiger partial charge in [-0.2, -0.15) is 5.10 Å². The summed E-state index contributed by atoms with van der Waals surface area (Å²) in [6.07, 6.45) is 5.11. The number of hydrogen-bond acceptors (Lipinski definition) is 3. The zero-order chi connectivity index (χ0) is 12.3. The van der Waals surface area contributed by atoms with Crippen molar-refractivity contribution in [3.8, 4) is 0 Å². The molecule has 0 saturated carbocycles. The number of ether oxygens (including phenoxy) is 1. The highest BCUT2D eigenvalue weighted by atomic mass is 16.5. The number of hydrogen-bond donors (Lipinski definition) is 1. The van der Waals surface area contributed by atoms with Crippen molar-refractivity contribution < 1.29 is 4.74 Å². The summed E-state index contributed by atoms with van der Waals surface area (Å²) in [6.45, 7) is 6.22. The highest BCUT2D eigenvalue weighted by Gasteiger charge is 2.28. The quantitative estimate of drug-likeness (QED) is 0.863. The van der Waals surface area contributed by atoms with Crippen molar-refractivity contribution in [3.63, 3.8) is 0 Å². The molecule has 1 atom stereocenters. The Morgan fingerprint density at radius 2 is 2.41 bits per heavy atom. The van der Waals surface area contributed by atoms with E-state index in [1.165, 1.54) is 5.69 Å². The highest BCUT2D eigenvalue weighted by Crippen LogP contribution is 2.23. The van der Waals surface area contributed by atoms with E-state index in [4.69, 9.17) is 4.74 Å². The molecule has 0 aliphatic carbocycles. The Hall–Kier alpha value is -0.870. The van der Waals surface area contributed by atoms with Gasteiger partial charge in [0.25, 0.3) is 0 Å². The van der Waals surface area contributed by atoms with Gasteiger partial charge in [-0.1, -0.05) is 0 Å². The van der Waals surface area contributed by atoms with Gasteiger partial charge in [0, 0.05) is 44.6 Å². The molecule has 17 heavy (non-hydrogen) atoms. The Kier molecular flexibility index (Phi) is 3.84. The lowest BCUT2D eigenvalue weighted by Crippen LogP contribution is -2.44. The first-order valence-electron chi connectivity index (χ1n) is 6.41. The van der Waals surface area contributed by atoms with Gasteiger partial charge in [0.2, 0.25) is 0 Å². The van der Waals surface area contributed by atoms with Gasteiger partial charge in [-0.05, 0) is 32.8 Å². The largest absolute Gasteiger partial charge is 0.375 e. The Balaban J connectivity index is 1.74. The van der Waals surface area contributed by atoms with E-state index in [1.54, 1.807) is 0 Å². The molecule has 1 saturated heterocycles. The van der Waals surface area contributed by atoms with Gasteiger partial charge in [0.1, 0.15) is 0 Å². The fourth-order valence-electron chi connectivity index (χ4n) is 2.46. The van der Waals surface area contributed by atoms with Crippen LogP contribution in [0.2, 0.25) is 0 Å². The third kappa shape index (κ3) is 3.54. The van der Waals surface area contributed by atoms with Gasteiger partial charge in [-0.3, -0.25) is 4.68 Å². The smallest absolute Gasteiger partial charge is 0.0641 e. The molecule has 1 aromatic rings. The lowest BCUT2D eigenvalue weighted by Gasteiger charge is -2.36. The fourth-order valence-corrected chi connectivity index (χ4v) is 2.46. The Morgan fingerprint density at radius 3 is 3.06 bits per heavy atom. The maximum Gasteiger partial charge on any atom is 0.0641 e. The Morgan fingerprint density at radius 1 is 1.59 bits per heavy atom.